The van der Waals surface area contributed by atoms with Gasteiger partial charge in [0.15, 0.2) is 0 Å². The summed E-state index contributed by atoms with van der Waals surface area (Å²) in [4.78, 5) is 4.39. The second-order valence-electron chi connectivity index (χ2n) is 5.21. The smallest absolute Gasteiger partial charge is 0.126 e. The van der Waals surface area contributed by atoms with Crippen LogP contribution in [-0.4, -0.2) is 31.3 Å². The molecule has 1 unspecified atom stereocenters. The number of nitrogens with zero attached hydrogens (tertiary/aromatic N) is 1. The molecule has 4 heteroatoms. The van der Waals surface area contributed by atoms with E-state index in [4.69, 9.17) is 10.5 Å². The SMILES string of the molecule is COCC(CN)Nc1ccc(C(C)(C)C)cn1. The largest absolute Gasteiger partial charge is 0.383 e. The van der Waals surface area contributed by atoms with Crippen LogP contribution in [0, 0.1) is 0 Å². The van der Waals surface area contributed by atoms with Gasteiger partial charge in [-0.05, 0) is 17.0 Å². The second-order valence-corrected chi connectivity index (χ2v) is 5.21. The molecule has 0 aliphatic carbocycles. The normalized spacial score (nSPS) is 13.5. The van der Waals surface area contributed by atoms with Crippen molar-refractivity contribution in [3.05, 3.63) is 23.9 Å². The minimum Gasteiger partial charge on any atom is -0.383 e. The van der Waals surface area contributed by atoms with Crippen LogP contribution in [-0.2, 0) is 10.2 Å². The lowest BCUT2D eigenvalue weighted by Crippen LogP contribution is -2.33. The van der Waals surface area contributed by atoms with Gasteiger partial charge in [-0.1, -0.05) is 26.8 Å². The summed E-state index contributed by atoms with van der Waals surface area (Å²) < 4.78 is 5.07. The summed E-state index contributed by atoms with van der Waals surface area (Å²) in [6.45, 7) is 7.62. The van der Waals surface area contributed by atoms with Crippen molar-refractivity contribution in [2.45, 2.75) is 32.2 Å². The van der Waals surface area contributed by atoms with Crippen LogP contribution in [0.1, 0.15) is 26.3 Å². The summed E-state index contributed by atoms with van der Waals surface area (Å²) in [5.41, 5.74) is 6.99. The van der Waals surface area contributed by atoms with Crippen LogP contribution in [0.5, 0.6) is 0 Å². The number of nitrogens with one attached hydrogen (secondary N) is 1. The fourth-order valence-electron chi connectivity index (χ4n) is 1.50. The van der Waals surface area contributed by atoms with Crippen LogP contribution >= 0.6 is 0 Å². The van der Waals surface area contributed by atoms with Crippen LogP contribution in [0.4, 0.5) is 5.82 Å². The van der Waals surface area contributed by atoms with Crippen molar-refractivity contribution in [1.82, 2.24) is 4.98 Å². The van der Waals surface area contributed by atoms with E-state index in [9.17, 15) is 0 Å². The molecule has 0 aromatic carbocycles. The van der Waals surface area contributed by atoms with E-state index in [1.165, 1.54) is 5.56 Å². The van der Waals surface area contributed by atoms with Crippen LogP contribution in [0.3, 0.4) is 0 Å². The molecule has 0 aliphatic rings. The van der Waals surface area contributed by atoms with Gasteiger partial charge in [-0.25, -0.2) is 4.98 Å². The third kappa shape index (κ3) is 4.32. The fraction of sp³-hybridized carbons (Fsp3) is 0.615. The lowest BCUT2D eigenvalue weighted by atomic mass is 9.88. The average Bonchev–Trinajstić information content (AvgIpc) is 2.28. The van der Waals surface area contributed by atoms with Crippen molar-refractivity contribution in [1.29, 1.82) is 0 Å². The molecule has 0 spiro atoms. The Labute approximate surface area is 104 Å². The molecule has 1 heterocycles. The molecule has 17 heavy (non-hydrogen) atoms. The zero-order chi connectivity index (χ0) is 12.9. The molecule has 1 aromatic rings. The van der Waals surface area contributed by atoms with Gasteiger partial charge < -0.3 is 15.8 Å². The highest BCUT2D eigenvalue weighted by Gasteiger charge is 2.14. The molecule has 0 saturated carbocycles. The Morgan fingerprint density at radius 3 is 2.53 bits per heavy atom. The number of methoxy groups -OCH3 is 1. The van der Waals surface area contributed by atoms with Crippen LogP contribution in [0.15, 0.2) is 18.3 Å². The molecule has 4 nitrogen and oxygen atoms in total. The molecular formula is C13H23N3O. The number of rotatable bonds is 5. The zero-order valence-electron chi connectivity index (χ0n) is 11.2. The van der Waals surface area contributed by atoms with Crippen molar-refractivity contribution >= 4 is 5.82 Å². The number of ether oxygens (including phenoxy) is 1. The number of nitrogens with two attached hydrogens (primary N) is 1. The van der Waals surface area contributed by atoms with Crippen molar-refractivity contribution < 1.29 is 4.74 Å². The van der Waals surface area contributed by atoms with E-state index in [2.05, 4.69) is 37.1 Å². The molecule has 1 aromatic heterocycles. The molecule has 96 valence electrons. The van der Waals surface area contributed by atoms with Crippen LogP contribution < -0.4 is 11.1 Å². The van der Waals surface area contributed by atoms with Crippen molar-refractivity contribution in [2.24, 2.45) is 5.73 Å². The number of pyridine rings is 1. The van der Waals surface area contributed by atoms with Gasteiger partial charge >= 0.3 is 0 Å². The van der Waals surface area contributed by atoms with Crippen molar-refractivity contribution in [3.63, 3.8) is 0 Å². The Balaban J connectivity index is 2.68. The van der Waals surface area contributed by atoms with Gasteiger partial charge in [-0.15, -0.1) is 0 Å². The Hall–Kier alpha value is -1.13. The predicted molar refractivity (Wildman–Crippen MR) is 71.3 cm³/mol. The first-order chi connectivity index (χ1) is 7.97. The van der Waals surface area contributed by atoms with E-state index >= 15 is 0 Å². The fourth-order valence-corrected chi connectivity index (χ4v) is 1.50. The summed E-state index contributed by atoms with van der Waals surface area (Å²) in [5.74, 6) is 0.838. The maximum atomic E-state index is 5.64. The minimum absolute atomic E-state index is 0.105. The van der Waals surface area contributed by atoms with E-state index in [1.54, 1.807) is 7.11 Å². The van der Waals surface area contributed by atoms with E-state index in [-0.39, 0.29) is 11.5 Å². The predicted octanol–water partition coefficient (Wildman–Crippen LogP) is 1.76. The van der Waals surface area contributed by atoms with Gasteiger partial charge in [0.2, 0.25) is 0 Å². The molecule has 0 fully saturated rings. The number of hydrogen-bond donors (Lipinski definition) is 2. The summed E-state index contributed by atoms with van der Waals surface area (Å²) in [6.07, 6.45) is 1.91. The molecule has 0 aliphatic heterocycles. The van der Waals surface area contributed by atoms with Gasteiger partial charge in [-0.3, -0.25) is 0 Å². The Morgan fingerprint density at radius 2 is 2.12 bits per heavy atom. The first kappa shape index (κ1) is 13.9. The molecule has 0 bridgehead atoms. The van der Waals surface area contributed by atoms with Crippen molar-refractivity contribution in [3.8, 4) is 0 Å². The van der Waals surface area contributed by atoms with Crippen LogP contribution in [0.2, 0.25) is 0 Å². The zero-order valence-corrected chi connectivity index (χ0v) is 11.2. The Kier molecular flexibility index (Phi) is 4.90. The highest BCUT2D eigenvalue weighted by molar-refractivity contribution is 5.38. The summed E-state index contributed by atoms with van der Waals surface area (Å²) >= 11 is 0. The van der Waals surface area contributed by atoms with E-state index < -0.39 is 0 Å². The van der Waals surface area contributed by atoms with E-state index in [1.807, 2.05) is 12.3 Å². The average molecular weight is 237 g/mol. The highest BCUT2D eigenvalue weighted by Crippen LogP contribution is 2.21. The Bertz CT molecular complexity index is 330. The first-order valence-corrected chi connectivity index (χ1v) is 5.89. The minimum atomic E-state index is 0.105. The van der Waals surface area contributed by atoms with Crippen molar-refractivity contribution in [2.75, 3.05) is 25.6 Å². The molecular weight excluding hydrogens is 214 g/mol. The quantitative estimate of drug-likeness (QED) is 0.819. The van der Waals surface area contributed by atoms with Gasteiger partial charge in [0, 0.05) is 19.9 Å². The molecule has 3 N–H and O–H groups in total. The van der Waals surface area contributed by atoms with Gasteiger partial charge in [-0.2, -0.15) is 0 Å². The standard InChI is InChI=1S/C13H23N3O/c1-13(2,3)10-5-6-12(15-8-10)16-11(7-14)9-17-4/h5-6,8,11H,7,9,14H2,1-4H3,(H,15,16). The number of aromatic nitrogens is 1. The maximum absolute atomic E-state index is 5.64. The lowest BCUT2D eigenvalue weighted by Gasteiger charge is -2.20. The second kappa shape index (κ2) is 5.98. The molecule has 1 atom stereocenters. The van der Waals surface area contributed by atoms with E-state index in [0.717, 1.165) is 5.82 Å². The third-order valence-corrected chi connectivity index (χ3v) is 2.63. The molecule has 1 rings (SSSR count). The maximum Gasteiger partial charge on any atom is 0.126 e. The highest BCUT2D eigenvalue weighted by atomic mass is 16.5. The number of anilines is 1. The number of hydrogen-bond acceptors (Lipinski definition) is 4. The molecule has 0 saturated heterocycles. The summed E-state index contributed by atoms with van der Waals surface area (Å²) in [5, 5.41) is 3.25. The van der Waals surface area contributed by atoms with Gasteiger partial charge in [0.25, 0.3) is 0 Å². The summed E-state index contributed by atoms with van der Waals surface area (Å²) in [6, 6.07) is 4.18. The molecule has 0 radical (unpaired) electrons. The van der Waals surface area contributed by atoms with Gasteiger partial charge in [0.05, 0.1) is 12.6 Å². The monoisotopic (exact) mass is 237 g/mol. The lowest BCUT2D eigenvalue weighted by molar-refractivity contribution is 0.187. The van der Waals surface area contributed by atoms with Crippen LogP contribution in [0.25, 0.3) is 0 Å². The first-order valence-electron chi connectivity index (χ1n) is 5.89. The van der Waals surface area contributed by atoms with E-state index in [0.29, 0.717) is 13.2 Å². The Morgan fingerprint density at radius 1 is 1.41 bits per heavy atom. The molecule has 0 amide bonds. The summed E-state index contributed by atoms with van der Waals surface area (Å²) in [7, 11) is 1.67. The topological polar surface area (TPSA) is 60.2 Å². The van der Waals surface area contributed by atoms with Gasteiger partial charge in [0.1, 0.15) is 5.82 Å². The third-order valence-electron chi connectivity index (χ3n) is 2.63.